The largest absolute Gasteiger partial charge is 0.292 e. The van der Waals surface area contributed by atoms with Gasteiger partial charge in [-0.15, -0.1) is 0 Å². The molecule has 4 atom stereocenters. The zero-order chi connectivity index (χ0) is 16.0. The van der Waals surface area contributed by atoms with E-state index in [-0.39, 0.29) is 29.5 Å². The molecule has 2 aliphatic rings. The molecule has 1 aromatic carbocycles. The molecule has 1 saturated carbocycles. The van der Waals surface area contributed by atoms with Gasteiger partial charge in [-0.2, -0.15) is 0 Å². The Morgan fingerprint density at radius 3 is 2.65 bits per heavy atom. The van der Waals surface area contributed by atoms with Crippen molar-refractivity contribution in [1.29, 1.82) is 0 Å². The molecule has 0 radical (unpaired) electrons. The van der Waals surface area contributed by atoms with Crippen molar-refractivity contribution in [3.05, 3.63) is 77.6 Å². The number of hydrogen-bond donors (Lipinski definition) is 0. The zero-order valence-corrected chi connectivity index (χ0v) is 12.3. The molecule has 2 aliphatic carbocycles. The van der Waals surface area contributed by atoms with Gasteiger partial charge in [-0.05, 0) is 42.0 Å². The van der Waals surface area contributed by atoms with E-state index in [2.05, 4.69) is 4.98 Å². The van der Waals surface area contributed by atoms with E-state index >= 15 is 0 Å². The summed E-state index contributed by atoms with van der Waals surface area (Å²) in [6.45, 7) is 0. The summed E-state index contributed by atoms with van der Waals surface area (Å²) in [7, 11) is 0. The molecule has 1 aromatic heterocycles. The Labute approximate surface area is 132 Å². The highest BCUT2D eigenvalue weighted by Gasteiger charge is 2.49. The predicted molar refractivity (Wildman–Crippen MR) is 81.9 cm³/mol. The number of pyridine rings is 1. The summed E-state index contributed by atoms with van der Waals surface area (Å²) in [5.74, 6) is -2.34. The normalized spacial score (nSPS) is 28.3. The first-order chi connectivity index (χ1) is 11.2. The Balaban J connectivity index is 1.77. The second kappa shape index (κ2) is 5.37. The number of carbonyl (C=O) groups excluding carboxylic acids is 1. The average Bonchev–Trinajstić information content (AvgIpc) is 3.19. The van der Waals surface area contributed by atoms with Gasteiger partial charge in [0.15, 0.2) is 17.4 Å². The van der Waals surface area contributed by atoms with Crippen molar-refractivity contribution in [1.82, 2.24) is 4.98 Å². The molecule has 0 N–H and O–H groups in total. The number of fused-ring (bicyclic) bond motifs is 2. The van der Waals surface area contributed by atoms with E-state index in [1.54, 1.807) is 30.5 Å². The van der Waals surface area contributed by atoms with Crippen LogP contribution < -0.4 is 0 Å². The standard InChI is InChI=1S/C19H15F2NO/c20-14-5-3-4-13(18(14)21)16-11-7-8-12(10-11)17(16)19(23)15-6-1-2-9-22-15/h1-9,11-12,16-17H,10H2/t11-,12+,16-,17+/m1/s1. The molecular weight excluding hydrogens is 296 g/mol. The van der Waals surface area contributed by atoms with Crippen LogP contribution in [-0.2, 0) is 0 Å². The van der Waals surface area contributed by atoms with Crippen LogP contribution in [0.5, 0.6) is 0 Å². The van der Waals surface area contributed by atoms with E-state index in [0.29, 0.717) is 11.3 Å². The number of Topliss-reactive ketones (excluding diaryl/α,β-unsaturated/α-hetero) is 1. The van der Waals surface area contributed by atoms with Gasteiger partial charge in [-0.25, -0.2) is 8.78 Å². The fourth-order valence-corrected chi connectivity index (χ4v) is 4.06. The van der Waals surface area contributed by atoms with Gasteiger partial charge >= 0.3 is 0 Å². The molecule has 2 aromatic rings. The highest BCUT2D eigenvalue weighted by molar-refractivity contribution is 5.97. The smallest absolute Gasteiger partial charge is 0.185 e. The Bertz CT molecular complexity index is 787. The second-order valence-electron chi connectivity index (χ2n) is 6.22. The lowest BCUT2D eigenvalue weighted by molar-refractivity contribution is 0.0880. The molecule has 2 bridgehead atoms. The number of nitrogens with zero attached hydrogens (tertiary/aromatic N) is 1. The van der Waals surface area contributed by atoms with Crippen LogP contribution in [0.1, 0.15) is 28.4 Å². The van der Waals surface area contributed by atoms with E-state index < -0.39 is 11.6 Å². The van der Waals surface area contributed by atoms with Crippen LogP contribution in [-0.4, -0.2) is 10.8 Å². The van der Waals surface area contributed by atoms with Gasteiger partial charge in [0.2, 0.25) is 0 Å². The summed E-state index contributed by atoms with van der Waals surface area (Å²) in [5.41, 5.74) is 0.691. The maximum Gasteiger partial charge on any atom is 0.185 e. The van der Waals surface area contributed by atoms with Crippen molar-refractivity contribution >= 4 is 5.78 Å². The second-order valence-corrected chi connectivity index (χ2v) is 6.22. The highest BCUT2D eigenvalue weighted by Crippen LogP contribution is 2.54. The molecule has 1 heterocycles. The number of hydrogen-bond acceptors (Lipinski definition) is 2. The number of benzene rings is 1. The molecule has 2 nitrogen and oxygen atoms in total. The minimum absolute atomic E-state index is 0.0715. The van der Waals surface area contributed by atoms with Crippen molar-refractivity contribution in [2.24, 2.45) is 17.8 Å². The first-order valence-electron chi connectivity index (χ1n) is 7.74. The van der Waals surface area contributed by atoms with Crippen LogP contribution in [0.4, 0.5) is 8.78 Å². The van der Waals surface area contributed by atoms with E-state index in [1.165, 1.54) is 6.07 Å². The molecule has 0 amide bonds. The van der Waals surface area contributed by atoms with Crippen molar-refractivity contribution in [3.8, 4) is 0 Å². The van der Waals surface area contributed by atoms with Crippen LogP contribution in [0.2, 0.25) is 0 Å². The fraction of sp³-hybridized carbons (Fsp3) is 0.263. The third-order valence-corrected chi connectivity index (χ3v) is 5.02. The Morgan fingerprint density at radius 1 is 1.04 bits per heavy atom. The number of rotatable bonds is 3. The van der Waals surface area contributed by atoms with E-state index in [0.717, 1.165) is 12.5 Å². The average molecular weight is 311 g/mol. The lowest BCUT2D eigenvalue weighted by Gasteiger charge is -2.27. The van der Waals surface area contributed by atoms with E-state index in [1.807, 2.05) is 12.2 Å². The van der Waals surface area contributed by atoms with Crippen LogP contribution in [0.25, 0.3) is 0 Å². The molecule has 1 fully saturated rings. The Hall–Kier alpha value is -2.36. The number of allylic oxidation sites excluding steroid dienone is 2. The van der Waals surface area contributed by atoms with Crippen molar-refractivity contribution < 1.29 is 13.6 Å². The topological polar surface area (TPSA) is 30.0 Å². The van der Waals surface area contributed by atoms with Crippen LogP contribution in [0.15, 0.2) is 54.7 Å². The van der Waals surface area contributed by atoms with E-state index in [4.69, 9.17) is 0 Å². The molecule has 116 valence electrons. The lowest BCUT2D eigenvalue weighted by Crippen LogP contribution is -2.27. The SMILES string of the molecule is O=C(c1ccccn1)[C@@H]1[C@@H](c2cccc(F)c2F)[C@@H]2C=C[C@H]1C2. The molecule has 0 saturated heterocycles. The van der Waals surface area contributed by atoms with Crippen molar-refractivity contribution in [2.45, 2.75) is 12.3 Å². The van der Waals surface area contributed by atoms with Crippen LogP contribution >= 0.6 is 0 Å². The van der Waals surface area contributed by atoms with Gasteiger partial charge < -0.3 is 0 Å². The lowest BCUT2D eigenvalue weighted by atomic mass is 9.75. The van der Waals surface area contributed by atoms with Gasteiger partial charge in [-0.1, -0.05) is 30.4 Å². The summed E-state index contributed by atoms with van der Waals surface area (Å²) in [6, 6.07) is 9.40. The van der Waals surface area contributed by atoms with E-state index in [9.17, 15) is 13.6 Å². The zero-order valence-electron chi connectivity index (χ0n) is 12.3. The molecule has 0 aliphatic heterocycles. The maximum atomic E-state index is 14.3. The van der Waals surface area contributed by atoms with Crippen LogP contribution in [0.3, 0.4) is 0 Å². The molecule has 0 unspecified atom stereocenters. The summed E-state index contributed by atoms with van der Waals surface area (Å²) in [6.07, 6.45) is 6.45. The third-order valence-electron chi connectivity index (χ3n) is 5.02. The predicted octanol–water partition coefficient (Wildman–Crippen LogP) is 4.15. The molecular formula is C19H15F2NO. The maximum absolute atomic E-state index is 14.3. The number of halogens is 2. The first kappa shape index (κ1) is 14.2. The number of aromatic nitrogens is 1. The quantitative estimate of drug-likeness (QED) is 0.629. The van der Waals surface area contributed by atoms with Crippen molar-refractivity contribution in [3.63, 3.8) is 0 Å². The molecule has 23 heavy (non-hydrogen) atoms. The minimum atomic E-state index is -0.863. The first-order valence-corrected chi connectivity index (χ1v) is 7.74. The van der Waals surface area contributed by atoms with Gasteiger partial charge in [-0.3, -0.25) is 9.78 Å². The summed E-state index contributed by atoms with van der Waals surface area (Å²) >= 11 is 0. The number of carbonyl (C=O) groups is 1. The fourth-order valence-electron chi connectivity index (χ4n) is 4.06. The molecule has 4 heteroatoms. The summed E-state index contributed by atoms with van der Waals surface area (Å²) in [4.78, 5) is 17.0. The molecule has 0 spiro atoms. The third kappa shape index (κ3) is 2.21. The van der Waals surface area contributed by atoms with Gasteiger partial charge in [0.1, 0.15) is 5.69 Å². The Kier molecular flexibility index (Phi) is 3.33. The monoisotopic (exact) mass is 311 g/mol. The highest BCUT2D eigenvalue weighted by atomic mass is 19.2. The van der Waals surface area contributed by atoms with Gasteiger partial charge in [0, 0.05) is 18.0 Å². The van der Waals surface area contributed by atoms with Crippen molar-refractivity contribution in [2.75, 3.05) is 0 Å². The Morgan fingerprint density at radius 2 is 1.87 bits per heavy atom. The van der Waals surface area contributed by atoms with Crippen LogP contribution in [0, 0.1) is 29.4 Å². The van der Waals surface area contributed by atoms with Gasteiger partial charge in [0.05, 0.1) is 0 Å². The summed E-state index contributed by atoms with van der Waals surface area (Å²) < 4.78 is 27.9. The summed E-state index contributed by atoms with van der Waals surface area (Å²) in [5, 5.41) is 0. The molecule has 4 rings (SSSR count). The minimum Gasteiger partial charge on any atom is -0.292 e. The number of ketones is 1. The van der Waals surface area contributed by atoms with Gasteiger partial charge in [0.25, 0.3) is 0 Å².